The fourth-order valence-corrected chi connectivity index (χ4v) is 3.29. The molecule has 0 atom stereocenters. The third-order valence-electron chi connectivity index (χ3n) is 2.99. The molecule has 0 aromatic heterocycles. The second kappa shape index (κ2) is 6.95. The Morgan fingerprint density at radius 3 is 2.38 bits per heavy atom. The molecule has 1 fully saturated rings. The van der Waals surface area contributed by atoms with Gasteiger partial charge in [-0.2, -0.15) is 0 Å². The summed E-state index contributed by atoms with van der Waals surface area (Å²) in [7, 11) is 3.19. The highest BCUT2D eigenvalue weighted by atomic mass is 32.2. The fraction of sp³-hybridized carbons (Fsp3) is 0.333. The molecule has 0 bridgehead atoms. The summed E-state index contributed by atoms with van der Waals surface area (Å²) in [5.74, 6) is 1.34. The second-order valence-electron chi connectivity index (χ2n) is 4.48. The highest BCUT2D eigenvalue weighted by Crippen LogP contribution is 2.33. The molecule has 0 saturated carbocycles. The number of carbonyl (C=O) groups excluding carboxylic acids is 1. The Balaban J connectivity index is 2.32. The molecule has 0 aliphatic carbocycles. The van der Waals surface area contributed by atoms with Crippen molar-refractivity contribution < 1.29 is 14.3 Å². The van der Waals surface area contributed by atoms with E-state index in [2.05, 4.69) is 0 Å². The number of benzene rings is 1. The molecule has 1 aromatic rings. The maximum absolute atomic E-state index is 12.3. The first kappa shape index (κ1) is 15.9. The van der Waals surface area contributed by atoms with Gasteiger partial charge in [0.25, 0.3) is 5.91 Å². The van der Waals surface area contributed by atoms with Crippen molar-refractivity contribution in [2.24, 2.45) is 0 Å². The van der Waals surface area contributed by atoms with E-state index in [9.17, 15) is 4.79 Å². The van der Waals surface area contributed by atoms with Crippen LogP contribution in [0.4, 0.5) is 0 Å². The standard InChI is InChI=1S/C15H17NO3S2/c1-4-5-16-14(17)13(21-15(16)20)8-10-6-11(18-2)9-12(7-10)19-3/h6-9H,4-5H2,1-3H3/b13-8-. The van der Waals surface area contributed by atoms with Gasteiger partial charge in [0.2, 0.25) is 0 Å². The van der Waals surface area contributed by atoms with Gasteiger partial charge in [0.1, 0.15) is 15.8 Å². The van der Waals surface area contributed by atoms with E-state index < -0.39 is 0 Å². The summed E-state index contributed by atoms with van der Waals surface area (Å²) in [6.45, 7) is 2.68. The number of thiocarbonyl (C=S) groups is 1. The molecule has 1 amide bonds. The van der Waals surface area contributed by atoms with Gasteiger partial charge < -0.3 is 9.47 Å². The quantitative estimate of drug-likeness (QED) is 0.614. The van der Waals surface area contributed by atoms with Crippen LogP contribution >= 0.6 is 24.0 Å². The first-order chi connectivity index (χ1) is 10.1. The molecule has 1 aromatic carbocycles. The van der Waals surface area contributed by atoms with Gasteiger partial charge in [0.05, 0.1) is 19.1 Å². The van der Waals surface area contributed by atoms with E-state index in [4.69, 9.17) is 21.7 Å². The molecule has 112 valence electrons. The summed E-state index contributed by atoms with van der Waals surface area (Å²) >= 11 is 6.58. The van der Waals surface area contributed by atoms with Crippen molar-refractivity contribution in [1.29, 1.82) is 0 Å². The van der Waals surface area contributed by atoms with Crippen LogP contribution in [0.2, 0.25) is 0 Å². The minimum Gasteiger partial charge on any atom is -0.497 e. The molecule has 0 N–H and O–H groups in total. The number of rotatable bonds is 5. The molecule has 1 aliphatic rings. The Morgan fingerprint density at radius 1 is 1.24 bits per heavy atom. The Labute approximate surface area is 134 Å². The fourth-order valence-electron chi connectivity index (χ4n) is 1.98. The summed E-state index contributed by atoms with van der Waals surface area (Å²) in [4.78, 5) is 14.6. The number of hydrogen-bond acceptors (Lipinski definition) is 5. The molecular formula is C15H17NO3S2. The molecule has 0 spiro atoms. The molecule has 21 heavy (non-hydrogen) atoms. The number of amides is 1. The second-order valence-corrected chi connectivity index (χ2v) is 6.16. The molecule has 0 radical (unpaired) electrons. The minimum atomic E-state index is -0.0337. The van der Waals surface area contributed by atoms with Gasteiger partial charge in [-0.15, -0.1) is 0 Å². The summed E-state index contributed by atoms with van der Waals surface area (Å²) in [5, 5.41) is 0. The molecule has 0 unspecified atom stereocenters. The van der Waals surface area contributed by atoms with Crippen LogP contribution in [0.1, 0.15) is 18.9 Å². The largest absolute Gasteiger partial charge is 0.497 e. The van der Waals surface area contributed by atoms with Crippen molar-refractivity contribution in [3.05, 3.63) is 28.7 Å². The van der Waals surface area contributed by atoms with E-state index in [0.29, 0.717) is 27.3 Å². The molecule has 1 saturated heterocycles. The van der Waals surface area contributed by atoms with E-state index in [1.54, 1.807) is 25.2 Å². The number of hydrogen-bond donors (Lipinski definition) is 0. The van der Waals surface area contributed by atoms with Crippen LogP contribution < -0.4 is 9.47 Å². The maximum Gasteiger partial charge on any atom is 0.266 e. The Kier molecular flexibility index (Phi) is 5.25. The third kappa shape index (κ3) is 3.57. The van der Waals surface area contributed by atoms with Gasteiger partial charge in [-0.05, 0) is 30.2 Å². The molecule has 4 nitrogen and oxygen atoms in total. The predicted octanol–water partition coefficient (Wildman–Crippen LogP) is 3.32. The molecule has 2 rings (SSSR count). The Hall–Kier alpha value is -1.53. The SMILES string of the molecule is CCCN1C(=O)/C(=C/c2cc(OC)cc(OC)c2)SC1=S. The summed E-state index contributed by atoms with van der Waals surface area (Å²) in [6.07, 6.45) is 2.70. The molecule has 6 heteroatoms. The van der Waals surface area contributed by atoms with Crippen LogP contribution in [-0.2, 0) is 4.79 Å². The summed E-state index contributed by atoms with van der Waals surface area (Å²) in [6, 6.07) is 5.50. The van der Waals surface area contributed by atoms with Crippen molar-refractivity contribution in [1.82, 2.24) is 4.90 Å². The zero-order valence-electron chi connectivity index (χ0n) is 12.2. The highest BCUT2D eigenvalue weighted by molar-refractivity contribution is 8.26. The lowest BCUT2D eigenvalue weighted by Gasteiger charge is -2.12. The average Bonchev–Trinajstić information content (AvgIpc) is 2.74. The average molecular weight is 323 g/mol. The van der Waals surface area contributed by atoms with Gasteiger partial charge in [-0.1, -0.05) is 30.9 Å². The van der Waals surface area contributed by atoms with Crippen molar-refractivity contribution >= 4 is 40.3 Å². The van der Waals surface area contributed by atoms with Crippen LogP contribution in [0.3, 0.4) is 0 Å². The van der Waals surface area contributed by atoms with E-state index in [1.165, 1.54) is 11.8 Å². The van der Waals surface area contributed by atoms with Gasteiger partial charge in [-0.25, -0.2) is 0 Å². The number of methoxy groups -OCH3 is 2. The van der Waals surface area contributed by atoms with Crippen LogP contribution in [0.25, 0.3) is 6.08 Å². The van der Waals surface area contributed by atoms with Crippen molar-refractivity contribution in [3.63, 3.8) is 0 Å². The Morgan fingerprint density at radius 2 is 1.86 bits per heavy atom. The van der Waals surface area contributed by atoms with E-state index in [-0.39, 0.29) is 5.91 Å². The van der Waals surface area contributed by atoms with Crippen molar-refractivity contribution in [2.45, 2.75) is 13.3 Å². The van der Waals surface area contributed by atoms with Crippen LogP contribution in [0.5, 0.6) is 11.5 Å². The van der Waals surface area contributed by atoms with Gasteiger partial charge >= 0.3 is 0 Å². The number of ether oxygens (including phenoxy) is 2. The van der Waals surface area contributed by atoms with Crippen molar-refractivity contribution in [3.8, 4) is 11.5 Å². The molecule has 1 aliphatic heterocycles. The number of nitrogens with zero attached hydrogens (tertiary/aromatic N) is 1. The van der Waals surface area contributed by atoms with Crippen LogP contribution in [0, 0.1) is 0 Å². The van der Waals surface area contributed by atoms with E-state index in [0.717, 1.165) is 12.0 Å². The van der Waals surface area contributed by atoms with Crippen molar-refractivity contribution in [2.75, 3.05) is 20.8 Å². The minimum absolute atomic E-state index is 0.0337. The third-order valence-corrected chi connectivity index (χ3v) is 4.37. The smallest absolute Gasteiger partial charge is 0.266 e. The Bertz CT molecular complexity index is 576. The van der Waals surface area contributed by atoms with E-state index >= 15 is 0 Å². The molecular weight excluding hydrogens is 306 g/mol. The normalized spacial score (nSPS) is 16.7. The topological polar surface area (TPSA) is 38.8 Å². The highest BCUT2D eigenvalue weighted by Gasteiger charge is 2.31. The number of carbonyl (C=O) groups is 1. The molecule has 1 heterocycles. The summed E-state index contributed by atoms with van der Waals surface area (Å²) < 4.78 is 11.1. The number of thioether (sulfide) groups is 1. The lowest BCUT2D eigenvalue weighted by atomic mass is 10.2. The van der Waals surface area contributed by atoms with Gasteiger partial charge in [0, 0.05) is 12.6 Å². The van der Waals surface area contributed by atoms with E-state index in [1.807, 2.05) is 25.1 Å². The monoisotopic (exact) mass is 323 g/mol. The van der Waals surface area contributed by atoms with Crippen LogP contribution in [0.15, 0.2) is 23.1 Å². The lowest BCUT2D eigenvalue weighted by Crippen LogP contribution is -2.28. The predicted molar refractivity (Wildman–Crippen MR) is 89.7 cm³/mol. The zero-order valence-corrected chi connectivity index (χ0v) is 13.8. The maximum atomic E-state index is 12.3. The van der Waals surface area contributed by atoms with Crippen LogP contribution in [-0.4, -0.2) is 35.9 Å². The first-order valence-electron chi connectivity index (χ1n) is 6.57. The summed E-state index contributed by atoms with van der Waals surface area (Å²) in [5.41, 5.74) is 0.850. The lowest BCUT2D eigenvalue weighted by molar-refractivity contribution is -0.122. The zero-order chi connectivity index (χ0) is 15.4. The van der Waals surface area contributed by atoms with Gasteiger partial charge in [-0.3, -0.25) is 9.69 Å². The van der Waals surface area contributed by atoms with Gasteiger partial charge in [0.15, 0.2) is 0 Å². The first-order valence-corrected chi connectivity index (χ1v) is 7.80.